The highest BCUT2D eigenvalue weighted by atomic mass is 19.1. The van der Waals surface area contributed by atoms with Crippen LogP contribution in [-0.4, -0.2) is 22.6 Å². The van der Waals surface area contributed by atoms with Crippen LogP contribution in [0.1, 0.15) is 16.1 Å². The van der Waals surface area contributed by atoms with Gasteiger partial charge in [0.1, 0.15) is 11.6 Å². The number of carbonyl (C=O) groups is 1. The van der Waals surface area contributed by atoms with Crippen molar-refractivity contribution in [2.24, 2.45) is 0 Å². The summed E-state index contributed by atoms with van der Waals surface area (Å²) in [6.07, 6.45) is 2.69. The number of halogens is 2. The Hall–Kier alpha value is -2.24. The molecule has 1 aromatic carbocycles. The van der Waals surface area contributed by atoms with Crippen molar-refractivity contribution in [3.05, 3.63) is 53.6 Å². The molecule has 2 aromatic rings. The molecule has 0 aliphatic carbocycles. The van der Waals surface area contributed by atoms with E-state index in [1.165, 1.54) is 42.4 Å². The molecule has 0 aliphatic heterocycles. The van der Waals surface area contributed by atoms with E-state index in [-0.39, 0.29) is 17.8 Å². The second-order valence-electron chi connectivity index (χ2n) is 3.62. The lowest BCUT2D eigenvalue weighted by molar-refractivity contribution is 0.0594. The molecule has 0 N–H and O–H groups in total. The third kappa shape index (κ3) is 2.37. The molecule has 0 bridgehead atoms. The number of nitrogens with zero attached hydrogens (tertiary/aromatic N) is 2. The number of carbonyl (C=O) groups excluding carboxylic acids is 1. The second kappa shape index (κ2) is 4.95. The molecule has 1 heterocycles. The molecule has 0 atom stereocenters. The number of methoxy groups -OCH3 is 1. The van der Waals surface area contributed by atoms with Crippen LogP contribution < -0.4 is 0 Å². The smallest absolute Gasteiger partial charge is 0.358 e. The van der Waals surface area contributed by atoms with Gasteiger partial charge in [0.2, 0.25) is 0 Å². The molecule has 0 saturated heterocycles. The van der Waals surface area contributed by atoms with E-state index >= 15 is 0 Å². The van der Waals surface area contributed by atoms with Gasteiger partial charge in [-0.2, -0.15) is 0 Å². The minimum atomic E-state index is -0.636. The fourth-order valence-electron chi connectivity index (χ4n) is 1.52. The maximum atomic E-state index is 13.4. The monoisotopic (exact) mass is 252 g/mol. The predicted octanol–water partition coefficient (Wildman–Crippen LogP) is 2.00. The van der Waals surface area contributed by atoms with Gasteiger partial charge in [0.25, 0.3) is 0 Å². The zero-order chi connectivity index (χ0) is 13.1. The molecule has 0 unspecified atom stereocenters. The van der Waals surface area contributed by atoms with Crippen LogP contribution in [0.25, 0.3) is 0 Å². The number of imidazole rings is 1. The molecule has 0 radical (unpaired) electrons. The standard InChI is InChI=1S/C12H10F2N2O2/c1-18-12(17)11-6-16(7-15-11)5-8-9(13)3-2-4-10(8)14/h2-4,6-7H,5H2,1H3. The summed E-state index contributed by atoms with van der Waals surface area (Å²) in [4.78, 5) is 15.0. The Morgan fingerprint density at radius 3 is 2.67 bits per heavy atom. The van der Waals surface area contributed by atoms with Crippen molar-refractivity contribution in [1.82, 2.24) is 9.55 Å². The number of esters is 1. The van der Waals surface area contributed by atoms with E-state index in [2.05, 4.69) is 9.72 Å². The molecular weight excluding hydrogens is 242 g/mol. The van der Waals surface area contributed by atoms with Gasteiger partial charge in [0.05, 0.1) is 20.0 Å². The van der Waals surface area contributed by atoms with E-state index in [1.54, 1.807) is 0 Å². The summed E-state index contributed by atoms with van der Waals surface area (Å²) in [7, 11) is 1.23. The minimum absolute atomic E-state index is 0.0392. The molecule has 0 saturated carbocycles. The topological polar surface area (TPSA) is 44.1 Å². The number of ether oxygens (including phenoxy) is 1. The van der Waals surface area contributed by atoms with E-state index in [0.717, 1.165) is 0 Å². The molecule has 18 heavy (non-hydrogen) atoms. The first-order valence-electron chi connectivity index (χ1n) is 5.15. The van der Waals surface area contributed by atoms with Crippen molar-refractivity contribution >= 4 is 5.97 Å². The number of hydrogen-bond acceptors (Lipinski definition) is 3. The zero-order valence-electron chi connectivity index (χ0n) is 9.56. The molecule has 0 spiro atoms. The quantitative estimate of drug-likeness (QED) is 0.785. The zero-order valence-corrected chi connectivity index (χ0v) is 9.56. The Kier molecular flexibility index (Phi) is 3.36. The number of aromatic nitrogens is 2. The number of hydrogen-bond donors (Lipinski definition) is 0. The normalized spacial score (nSPS) is 10.4. The fourth-order valence-corrected chi connectivity index (χ4v) is 1.52. The van der Waals surface area contributed by atoms with Crippen LogP contribution in [0.5, 0.6) is 0 Å². The van der Waals surface area contributed by atoms with E-state index < -0.39 is 17.6 Å². The highest BCUT2D eigenvalue weighted by Crippen LogP contribution is 2.14. The van der Waals surface area contributed by atoms with Gasteiger partial charge < -0.3 is 9.30 Å². The average molecular weight is 252 g/mol. The van der Waals surface area contributed by atoms with Crippen molar-refractivity contribution in [2.45, 2.75) is 6.54 Å². The van der Waals surface area contributed by atoms with E-state index in [9.17, 15) is 13.6 Å². The van der Waals surface area contributed by atoms with E-state index in [0.29, 0.717) is 0 Å². The predicted molar refractivity (Wildman–Crippen MR) is 59.0 cm³/mol. The molecule has 1 aromatic heterocycles. The van der Waals surface area contributed by atoms with Crippen LogP contribution in [0.3, 0.4) is 0 Å². The summed E-state index contributed by atoms with van der Waals surface area (Å²) in [5.41, 5.74) is 0.0144. The van der Waals surface area contributed by atoms with Gasteiger partial charge in [-0.1, -0.05) is 6.07 Å². The molecular formula is C12H10F2N2O2. The van der Waals surface area contributed by atoms with Crippen LogP contribution in [0.4, 0.5) is 8.78 Å². The summed E-state index contributed by atoms with van der Waals surface area (Å²) < 4.78 is 32.7. The lowest BCUT2D eigenvalue weighted by Gasteiger charge is -2.05. The maximum Gasteiger partial charge on any atom is 0.358 e. The SMILES string of the molecule is COC(=O)c1cn(Cc2c(F)cccc2F)cn1. The van der Waals surface area contributed by atoms with E-state index in [1.807, 2.05) is 0 Å². The summed E-state index contributed by atoms with van der Waals surface area (Å²) in [5, 5.41) is 0. The van der Waals surface area contributed by atoms with E-state index in [4.69, 9.17) is 0 Å². The fraction of sp³-hybridized carbons (Fsp3) is 0.167. The van der Waals surface area contributed by atoms with Gasteiger partial charge in [0.15, 0.2) is 5.69 Å². The summed E-state index contributed by atoms with van der Waals surface area (Å²) in [5.74, 6) is -1.87. The average Bonchev–Trinajstić information content (AvgIpc) is 2.81. The molecule has 0 fully saturated rings. The second-order valence-corrected chi connectivity index (χ2v) is 3.62. The van der Waals surface area contributed by atoms with Crippen LogP contribution in [-0.2, 0) is 11.3 Å². The first kappa shape index (κ1) is 12.2. The third-order valence-electron chi connectivity index (χ3n) is 2.43. The Morgan fingerprint density at radius 2 is 2.06 bits per heavy atom. The molecule has 2 rings (SSSR count). The van der Waals surface area contributed by atoms with Crippen molar-refractivity contribution < 1.29 is 18.3 Å². The molecule has 94 valence electrons. The number of rotatable bonds is 3. The van der Waals surface area contributed by atoms with Gasteiger partial charge in [-0.05, 0) is 12.1 Å². The molecule has 0 aliphatic rings. The highest BCUT2D eigenvalue weighted by Gasteiger charge is 2.12. The maximum absolute atomic E-state index is 13.4. The van der Waals surface area contributed by atoms with Gasteiger partial charge in [-0.3, -0.25) is 0 Å². The summed E-state index contributed by atoms with van der Waals surface area (Å²) in [6.45, 7) is -0.0392. The number of benzene rings is 1. The first-order chi connectivity index (χ1) is 8.61. The van der Waals surface area contributed by atoms with Crippen molar-refractivity contribution in [1.29, 1.82) is 0 Å². The van der Waals surface area contributed by atoms with Gasteiger partial charge in [-0.25, -0.2) is 18.6 Å². The third-order valence-corrected chi connectivity index (χ3v) is 2.43. The molecule has 6 heteroatoms. The highest BCUT2D eigenvalue weighted by molar-refractivity contribution is 5.86. The van der Waals surface area contributed by atoms with Crippen molar-refractivity contribution in [2.75, 3.05) is 7.11 Å². The largest absolute Gasteiger partial charge is 0.464 e. The van der Waals surface area contributed by atoms with Crippen LogP contribution in [0.2, 0.25) is 0 Å². The lowest BCUT2D eigenvalue weighted by Crippen LogP contribution is -2.04. The van der Waals surface area contributed by atoms with Crippen LogP contribution in [0, 0.1) is 11.6 Å². The minimum Gasteiger partial charge on any atom is -0.464 e. The first-order valence-corrected chi connectivity index (χ1v) is 5.15. The molecule has 0 amide bonds. The van der Waals surface area contributed by atoms with Crippen LogP contribution >= 0.6 is 0 Å². The summed E-state index contributed by atoms with van der Waals surface area (Å²) >= 11 is 0. The summed E-state index contributed by atoms with van der Waals surface area (Å²) in [6, 6.07) is 3.65. The van der Waals surface area contributed by atoms with Crippen molar-refractivity contribution in [3.8, 4) is 0 Å². The van der Waals surface area contributed by atoms with Crippen molar-refractivity contribution in [3.63, 3.8) is 0 Å². The Labute approximate surface area is 102 Å². The van der Waals surface area contributed by atoms with Crippen LogP contribution in [0.15, 0.2) is 30.7 Å². The van der Waals surface area contributed by atoms with Gasteiger partial charge in [-0.15, -0.1) is 0 Å². The lowest BCUT2D eigenvalue weighted by atomic mass is 10.2. The van der Waals surface area contributed by atoms with Gasteiger partial charge >= 0.3 is 5.97 Å². The Morgan fingerprint density at radius 1 is 1.39 bits per heavy atom. The van der Waals surface area contributed by atoms with Gasteiger partial charge in [0, 0.05) is 11.8 Å². The Bertz CT molecular complexity index is 561. The molecule has 4 nitrogen and oxygen atoms in total. The Balaban J connectivity index is 2.24.